The number of hydrogen-bond acceptors (Lipinski definition) is 4. The molecule has 1 atom stereocenters. The molecule has 2 amide bonds. The highest BCUT2D eigenvalue weighted by Gasteiger charge is 2.34. The van der Waals surface area contributed by atoms with Gasteiger partial charge in [-0.2, -0.15) is 0 Å². The van der Waals surface area contributed by atoms with Crippen LogP contribution >= 0.6 is 11.6 Å². The Morgan fingerprint density at radius 1 is 0.791 bits per heavy atom. The van der Waals surface area contributed by atoms with E-state index in [1.807, 2.05) is 75.4 Å². The van der Waals surface area contributed by atoms with Crippen LogP contribution in [0.15, 0.2) is 108 Å². The first-order valence-electron chi connectivity index (χ1n) is 14.1. The van der Waals surface area contributed by atoms with E-state index in [0.717, 1.165) is 26.6 Å². The number of amides is 2. The van der Waals surface area contributed by atoms with Crippen LogP contribution < -0.4 is 9.62 Å². The molecule has 0 aliphatic carbocycles. The Morgan fingerprint density at radius 3 is 1.95 bits per heavy atom. The lowest BCUT2D eigenvalue weighted by atomic mass is 10.0. The highest BCUT2D eigenvalue weighted by molar-refractivity contribution is 7.92. The summed E-state index contributed by atoms with van der Waals surface area (Å²) >= 11 is 6.04. The Morgan fingerprint density at radius 2 is 1.37 bits per heavy atom. The van der Waals surface area contributed by atoms with E-state index in [1.54, 1.807) is 24.3 Å². The van der Waals surface area contributed by atoms with E-state index in [2.05, 4.69) is 5.32 Å². The normalized spacial score (nSPS) is 11.9. The molecule has 0 heterocycles. The fraction of sp³-hybridized carbons (Fsp3) is 0.235. The number of rotatable bonds is 12. The molecule has 0 bridgehead atoms. The molecular formula is C34H36ClN3O4S. The van der Waals surface area contributed by atoms with Gasteiger partial charge in [0.25, 0.3) is 10.0 Å². The Bertz CT molecular complexity index is 1630. The Kier molecular flexibility index (Phi) is 10.6. The van der Waals surface area contributed by atoms with Crippen LogP contribution in [-0.2, 0) is 32.6 Å². The predicted octanol–water partition coefficient (Wildman–Crippen LogP) is 5.93. The van der Waals surface area contributed by atoms with E-state index in [0.29, 0.717) is 17.3 Å². The maximum absolute atomic E-state index is 14.4. The molecule has 0 spiro atoms. The second-order valence-corrected chi connectivity index (χ2v) is 12.7. The number of halogens is 1. The molecule has 0 saturated carbocycles. The van der Waals surface area contributed by atoms with Gasteiger partial charge in [0, 0.05) is 24.5 Å². The first kappa shape index (κ1) is 31.8. The van der Waals surface area contributed by atoms with Crippen molar-refractivity contribution in [1.29, 1.82) is 0 Å². The van der Waals surface area contributed by atoms with E-state index in [1.165, 1.54) is 29.2 Å². The maximum Gasteiger partial charge on any atom is 0.264 e. The number of likely N-dealkylation sites (N-methyl/N-ethyl adjacent to an activating group) is 1. The van der Waals surface area contributed by atoms with Gasteiger partial charge in [0.05, 0.1) is 10.6 Å². The lowest BCUT2D eigenvalue weighted by Gasteiger charge is -2.34. The number of carbonyl (C=O) groups is 2. The summed E-state index contributed by atoms with van der Waals surface area (Å²) in [6.45, 7) is 5.69. The number of nitrogens with one attached hydrogen (secondary N) is 1. The number of nitrogens with zero attached hydrogens (tertiary/aromatic N) is 2. The zero-order chi connectivity index (χ0) is 31.0. The Hall–Kier alpha value is -4.14. The second kappa shape index (κ2) is 14.4. The number of carbonyl (C=O) groups excluding carboxylic acids is 2. The molecule has 0 aromatic heterocycles. The van der Waals surface area contributed by atoms with Crippen molar-refractivity contribution < 1.29 is 18.0 Å². The van der Waals surface area contributed by atoms with Gasteiger partial charge in [-0.25, -0.2) is 8.42 Å². The predicted molar refractivity (Wildman–Crippen MR) is 172 cm³/mol. The number of anilines is 1. The van der Waals surface area contributed by atoms with Crippen LogP contribution in [0.25, 0.3) is 0 Å². The lowest BCUT2D eigenvalue weighted by Crippen LogP contribution is -2.53. The molecule has 4 aromatic carbocycles. The van der Waals surface area contributed by atoms with Crippen LogP contribution in [0.5, 0.6) is 0 Å². The van der Waals surface area contributed by atoms with Crippen molar-refractivity contribution in [2.24, 2.45) is 0 Å². The molecule has 1 N–H and O–H groups in total. The Labute approximate surface area is 259 Å². The number of aryl methyl sites for hydroxylation is 2. The molecule has 0 radical (unpaired) electrons. The molecule has 7 nitrogen and oxygen atoms in total. The van der Waals surface area contributed by atoms with Crippen LogP contribution in [0.1, 0.15) is 29.2 Å². The van der Waals surface area contributed by atoms with Gasteiger partial charge < -0.3 is 10.2 Å². The zero-order valence-electron chi connectivity index (χ0n) is 24.5. The molecule has 224 valence electrons. The van der Waals surface area contributed by atoms with Crippen molar-refractivity contribution in [3.05, 3.63) is 130 Å². The third-order valence-electron chi connectivity index (χ3n) is 7.10. The summed E-state index contributed by atoms with van der Waals surface area (Å²) in [7, 11) is -4.18. The smallest absolute Gasteiger partial charge is 0.264 e. The van der Waals surface area contributed by atoms with Gasteiger partial charge in [0.15, 0.2) is 0 Å². The summed E-state index contributed by atoms with van der Waals surface area (Å²) in [5, 5.41) is 3.27. The van der Waals surface area contributed by atoms with Crippen LogP contribution in [-0.4, -0.2) is 44.3 Å². The van der Waals surface area contributed by atoms with Crippen molar-refractivity contribution in [3.8, 4) is 0 Å². The van der Waals surface area contributed by atoms with Crippen LogP contribution in [0.3, 0.4) is 0 Å². The van der Waals surface area contributed by atoms with Crippen molar-refractivity contribution in [2.75, 3.05) is 17.4 Å². The van der Waals surface area contributed by atoms with Crippen molar-refractivity contribution in [2.45, 2.75) is 44.7 Å². The van der Waals surface area contributed by atoms with Crippen molar-refractivity contribution in [3.63, 3.8) is 0 Å². The quantitative estimate of drug-likeness (QED) is 0.214. The Balaban J connectivity index is 1.78. The first-order valence-corrected chi connectivity index (χ1v) is 15.9. The van der Waals surface area contributed by atoms with E-state index in [4.69, 9.17) is 11.6 Å². The van der Waals surface area contributed by atoms with Crippen molar-refractivity contribution >= 4 is 39.1 Å². The summed E-state index contributed by atoms with van der Waals surface area (Å²) in [5.74, 6) is -0.819. The van der Waals surface area contributed by atoms with Crippen molar-refractivity contribution in [1.82, 2.24) is 10.2 Å². The number of sulfonamides is 1. The van der Waals surface area contributed by atoms with Crippen LogP contribution in [0.2, 0.25) is 5.02 Å². The monoisotopic (exact) mass is 617 g/mol. The summed E-state index contributed by atoms with van der Waals surface area (Å²) in [6, 6.07) is 29.1. The van der Waals surface area contributed by atoms with Gasteiger partial charge >= 0.3 is 0 Å². The van der Waals surface area contributed by atoms with Crippen LogP contribution in [0.4, 0.5) is 5.69 Å². The fourth-order valence-corrected chi connectivity index (χ4v) is 6.25. The molecule has 1 unspecified atom stereocenters. The third kappa shape index (κ3) is 8.24. The summed E-state index contributed by atoms with van der Waals surface area (Å²) in [5.41, 5.74) is 4.04. The number of benzene rings is 4. The van der Waals surface area contributed by atoms with E-state index in [9.17, 15) is 18.0 Å². The molecule has 9 heteroatoms. The molecule has 0 fully saturated rings. The zero-order valence-corrected chi connectivity index (χ0v) is 26.1. The molecule has 0 aliphatic rings. The van der Waals surface area contributed by atoms with Gasteiger partial charge in [-0.15, -0.1) is 0 Å². The van der Waals surface area contributed by atoms with Gasteiger partial charge in [0.2, 0.25) is 11.8 Å². The third-order valence-corrected chi connectivity index (χ3v) is 9.14. The minimum atomic E-state index is -4.18. The van der Waals surface area contributed by atoms with E-state index in [-0.39, 0.29) is 23.8 Å². The SMILES string of the molecule is CCNC(=O)C(Cc1ccccc1)N(Cc1ccc(C)cc1)C(=O)CN(c1ccc(C)cc1)S(=O)(=O)c1ccc(Cl)cc1. The number of hydrogen-bond donors (Lipinski definition) is 1. The standard InChI is InChI=1S/C34H36ClN3O4S/c1-4-36-34(40)32(22-27-8-6-5-7-9-27)37(23-28-14-10-25(2)11-15-28)33(39)24-38(30-18-12-26(3)13-19-30)43(41,42)31-20-16-29(35)17-21-31/h5-21,32H,4,22-24H2,1-3H3,(H,36,40). The van der Waals surface area contributed by atoms with Crippen LogP contribution in [0, 0.1) is 13.8 Å². The average molecular weight is 618 g/mol. The van der Waals surface area contributed by atoms with Gasteiger partial charge in [0.1, 0.15) is 12.6 Å². The molecule has 4 rings (SSSR count). The van der Waals surface area contributed by atoms with Gasteiger partial charge in [-0.1, -0.05) is 89.5 Å². The highest BCUT2D eigenvalue weighted by atomic mass is 35.5. The molecular weight excluding hydrogens is 582 g/mol. The average Bonchev–Trinajstić information content (AvgIpc) is 3.00. The minimum absolute atomic E-state index is 0.0000730. The summed E-state index contributed by atoms with van der Waals surface area (Å²) in [6.07, 6.45) is 0.263. The maximum atomic E-state index is 14.4. The van der Waals surface area contributed by atoms with Gasteiger partial charge in [-0.05, 0) is 68.3 Å². The second-order valence-electron chi connectivity index (χ2n) is 10.4. The fourth-order valence-electron chi connectivity index (χ4n) is 4.71. The molecule has 4 aromatic rings. The topological polar surface area (TPSA) is 86.8 Å². The van der Waals surface area contributed by atoms with E-state index < -0.39 is 28.5 Å². The summed E-state index contributed by atoms with van der Waals surface area (Å²) < 4.78 is 29.1. The summed E-state index contributed by atoms with van der Waals surface area (Å²) in [4.78, 5) is 29.4. The van der Waals surface area contributed by atoms with Gasteiger partial charge in [-0.3, -0.25) is 13.9 Å². The molecule has 0 aliphatic heterocycles. The molecule has 0 saturated heterocycles. The van der Waals surface area contributed by atoms with E-state index >= 15 is 0 Å². The highest BCUT2D eigenvalue weighted by Crippen LogP contribution is 2.26. The first-order chi connectivity index (χ1) is 20.6. The minimum Gasteiger partial charge on any atom is -0.355 e. The molecule has 43 heavy (non-hydrogen) atoms. The lowest BCUT2D eigenvalue weighted by molar-refractivity contribution is -0.140. The largest absolute Gasteiger partial charge is 0.355 e.